The molecule has 0 saturated carbocycles. The average molecular weight is 318 g/mol. The molecule has 0 aliphatic carbocycles. The van der Waals surface area contributed by atoms with Crippen LogP contribution in [0.1, 0.15) is 17.3 Å². The van der Waals surface area contributed by atoms with E-state index in [1.807, 2.05) is 0 Å². The number of amides is 2. The van der Waals surface area contributed by atoms with Gasteiger partial charge in [-0.3, -0.25) is 9.59 Å². The Hall–Kier alpha value is -2.34. The van der Waals surface area contributed by atoms with Crippen molar-refractivity contribution in [2.45, 2.75) is 17.1 Å². The maximum Gasteiger partial charge on any atom is 0.248 e. The van der Waals surface area contributed by atoms with Crippen molar-refractivity contribution in [3.63, 3.8) is 0 Å². The largest absolute Gasteiger partial charge is 0.366 e. The van der Waals surface area contributed by atoms with E-state index in [9.17, 15) is 14.0 Å². The molecule has 114 valence electrons. The Kier molecular flexibility index (Phi) is 5.16. The van der Waals surface area contributed by atoms with Crippen molar-refractivity contribution < 1.29 is 14.0 Å². The Bertz CT molecular complexity index is 689. The molecular formula is C16H15FN2O2S. The molecule has 0 aromatic heterocycles. The van der Waals surface area contributed by atoms with Crippen LogP contribution in [-0.2, 0) is 4.79 Å². The van der Waals surface area contributed by atoms with Crippen LogP contribution in [-0.4, -0.2) is 17.1 Å². The highest BCUT2D eigenvalue weighted by Gasteiger charge is 2.16. The smallest absolute Gasteiger partial charge is 0.248 e. The van der Waals surface area contributed by atoms with Gasteiger partial charge < -0.3 is 11.1 Å². The molecule has 0 saturated heterocycles. The Morgan fingerprint density at radius 1 is 1.14 bits per heavy atom. The van der Waals surface area contributed by atoms with Crippen molar-refractivity contribution in [1.82, 2.24) is 0 Å². The van der Waals surface area contributed by atoms with E-state index in [0.717, 1.165) is 11.8 Å². The fourth-order valence-electron chi connectivity index (χ4n) is 1.75. The van der Waals surface area contributed by atoms with Gasteiger partial charge in [-0.05, 0) is 43.3 Å². The zero-order chi connectivity index (χ0) is 16.1. The molecule has 0 unspecified atom stereocenters. The van der Waals surface area contributed by atoms with E-state index in [0.29, 0.717) is 16.1 Å². The first-order valence-corrected chi connectivity index (χ1v) is 7.47. The molecule has 0 aliphatic rings. The van der Waals surface area contributed by atoms with Crippen LogP contribution in [0.25, 0.3) is 0 Å². The van der Waals surface area contributed by atoms with Crippen molar-refractivity contribution in [1.29, 1.82) is 0 Å². The number of thioether (sulfide) groups is 1. The second-order valence-electron chi connectivity index (χ2n) is 4.62. The van der Waals surface area contributed by atoms with E-state index in [2.05, 4.69) is 5.32 Å². The third kappa shape index (κ3) is 4.08. The molecule has 0 radical (unpaired) electrons. The Labute approximate surface area is 131 Å². The van der Waals surface area contributed by atoms with Crippen LogP contribution in [0.4, 0.5) is 10.1 Å². The summed E-state index contributed by atoms with van der Waals surface area (Å²) >= 11 is 1.14. The first-order valence-electron chi connectivity index (χ1n) is 6.59. The number of carbonyl (C=O) groups is 2. The molecule has 1 atom stereocenters. The number of primary amides is 1. The van der Waals surface area contributed by atoms with Crippen LogP contribution in [0, 0.1) is 5.82 Å². The summed E-state index contributed by atoms with van der Waals surface area (Å²) in [5.74, 6) is -1.13. The molecule has 22 heavy (non-hydrogen) atoms. The van der Waals surface area contributed by atoms with Crippen molar-refractivity contribution in [3.05, 3.63) is 59.9 Å². The zero-order valence-electron chi connectivity index (χ0n) is 11.9. The lowest BCUT2D eigenvalue weighted by atomic mass is 10.2. The van der Waals surface area contributed by atoms with E-state index >= 15 is 0 Å². The van der Waals surface area contributed by atoms with Gasteiger partial charge in [-0.2, -0.15) is 0 Å². The van der Waals surface area contributed by atoms with Crippen LogP contribution in [0.3, 0.4) is 0 Å². The minimum atomic E-state index is -0.527. The highest BCUT2D eigenvalue weighted by atomic mass is 32.2. The fourth-order valence-corrected chi connectivity index (χ4v) is 2.63. The summed E-state index contributed by atoms with van der Waals surface area (Å²) in [6.45, 7) is 1.70. The third-order valence-corrected chi connectivity index (χ3v) is 4.10. The van der Waals surface area contributed by atoms with Gasteiger partial charge in [-0.1, -0.05) is 12.1 Å². The molecule has 2 aromatic carbocycles. The first kappa shape index (κ1) is 16.0. The number of benzene rings is 2. The molecule has 0 spiro atoms. The Balaban J connectivity index is 1.99. The number of rotatable bonds is 5. The van der Waals surface area contributed by atoms with Gasteiger partial charge in [0.1, 0.15) is 5.82 Å². The van der Waals surface area contributed by atoms with E-state index in [1.165, 1.54) is 18.2 Å². The highest BCUT2D eigenvalue weighted by Crippen LogP contribution is 2.26. The maximum absolute atomic E-state index is 13.6. The average Bonchev–Trinajstić information content (AvgIpc) is 2.50. The number of halogens is 1. The molecule has 0 aliphatic heterocycles. The van der Waals surface area contributed by atoms with E-state index < -0.39 is 11.2 Å². The number of nitrogens with one attached hydrogen (secondary N) is 1. The summed E-state index contributed by atoms with van der Waals surface area (Å²) in [5, 5.41) is 2.25. The topological polar surface area (TPSA) is 72.2 Å². The molecule has 4 nitrogen and oxygen atoms in total. The molecule has 2 amide bonds. The quantitative estimate of drug-likeness (QED) is 0.832. The molecule has 6 heteroatoms. The van der Waals surface area contributed by atoms with Gasteiger partial charge in [0.05, 0.1) is 5.25 Å². The van der Waals surface area contributed by atoms with E-state index in [4.69, 9.17) is 5.73 Å². The third-order valence-electron chi connectivity index (χ3n) is 2.95. The van der Waals surface area contributed by atoms with Gasteiger partial charge in [-0.15, -0.1) is 11.8 Å². The number of hydrogen-bond donors (Lipinski definition) is 2. The predicted octanol–water partition coefficient (Wildman–Crippen LogP) is 3.04. The van der Waals surface area contributed by atoms with Crippen molar-refractivity contribution in [2.75, 3.05) is 5.32 Å². The summed E-state index contributed by atoms with van der Waals surface area (Å²) in [4.78, 5) is 23.5. The van der Waals surface area contributed by atoms with Gasteiger partial charge in [0, 0.05) is 16.1 Å². The molecular weight excluding hydrogens is 303 g/mol. The highest BCUT2D eigenvalue weighted by molar-refractivity contribution is 8.00. The summed E-state index contributed by atoms with van der Waals surface area (Å²) in [7, 11) is 0. The minimum absolute atomic E-state index is 0.250. The lowest BCUT2D eigenvalue weighted by Gasteiger charge is -2.12. The Morgan fingerprint density at radius 2 is 1.77 bits per heavy atom. The number of hydrogen-bond acceptors (Lipinski definition) is 3. The van der Waals surface area contributed by atoms with Gasteiger partial charge in [-0.25, -0.2) is 4.39 Å². The molecule has 0 heterocycles. The van der Waals surface area contributed by atoms with Gasteiger partial charge in [0.2, 0.25) is 11.8 Å². The second kappa shape index (κ2) is 7.09. The number of anilines is 1. The van der Waals surface area contributed by atoms with Crippen molar-refractivity contribution in [2.24, 2.45) is 5.73 Å². The molecule has 3 N–H and O–H groups in total. The molecule has 0 fully saturated rings. The van der Waals surface area contributed by atoms with E-state index in [-0.39, 0.29) is 11.7 Å². The lowest BCUT2D eigenvalue weighted by molar-refractivity contribution is -0.115. The van der Waals surface area contributed by atoms with E-state index in [1.54, 1.807) is 37.3 Å². The van der Waals surface area contributed by atoms with Gasteiger partial charge in [0.25, 0.3) is 0 Å². The van der Waals surface area contributed by atoms with Crippen molar-refractivity contribution in [3.8, 4) is 0 Å². The Morgan fingerprint density at radius 3 is 2.36 bits per heavy atom. The minimum Gasteiger partial charge on any atom is -0.366 e. The molecule has 2 aromatic rings. The summed E-state index contributed by atoms with van der Waals surface area (Å²) in [5.41, 5.74) is 6.07. The fraction of sp³-hybridized carbons (Fsp3) is 0.125. The van der Waals surface area contributed by atoms with Gasteiger partial charge in [0.15, 0.2) is 0 Å². The zero-order valence-corrected chi connectivity index (χ0v) is 12.7. The predicted molar refractivity (Wildman–Crippen MR) is 85.3 cm³/mol. The molecule has 0 bridgehead atoms. The van der Waals surface area contributed by atoms with Crippen LogP contribution >= 0.6 is 11.8 Å². The second-order valence-corrected chi connectivity index (χ2v) is 6.00. The number of carbonyl (C=O) groups excluding carboxylic acids is 2. The van der Waals surface area contributed by atoms with Gasteiger partial charge >= 0.3 is 0 Å². The summed E-state index contributed by atoms with van der Waals surface area (Å²) in [6, 6.07) is 12.6. The van der Waals surface area contributed by atoms with Crippen LogP contribution in [0.2, 0.25) is 0 Å². The van der Waals surface area contributed by atoms with Crippen LogP contribution in [0.5, 0.6) is 0 Å². The standard InChI is InChI=1S/C16H15FN2O2S/c1-10(22-14-5-3-2-4-13(14)17)16(21)19-12-8-6-11(7-9-12)15(18)20/h2-10H,1H3,(H2,18,20)(H,19,21)/t10-/m0/s1. The lowest BCUT2D eigenvalue weighted by Crippen LogP contribution is -2.22. The monoisotopic (exact) mass is 318 g/mol. The van der Waals surface area contributed by atoms with Crippen LogP contribution in [0.15, 0.2) is 53.4 Å². The molecule has 2 rings (SSSR count). The maximum atomic E-state index is 13.6. The van der Waals surface area contributed by atoms with Crippen molar-refractivity contribution >= 4 is 29.3 Å². The summed E-state index contributed by atoms with van der Waals surface area (Å²) in [6.07, 6.45) is 0. The number of nitrogens with two attached hydrogens (primary N) is 1. The normalized spacial score (nSPS) is 11.7. The SMILES string of the molecule is C[C@H](Sc1ccccc1F)C(=O)Nc1ccc(C(N)=O)cc1. The van der Waals surface area contributed by atoms with Crippen LogP contribution < -0.4 is 11.1 Å². The first-order chi connectivity index (χ1) is 10.5. The summed E-state index contributed by atoms with van der Waals surface area (Å²) < 4.78 is 13.6.